The minimum Gasteiger partial charge on any atom is -0.456 e. The highest BCUT2D eigenvalue weighted by atomic mass is 32.1. The lowest BCUT2D eigenvalue weighted by atomic mass is 9.96. The van der Waals surface area contributed by atoms with Crippen molar-refractivity contribution in [3.8, 4) is 61.6 Å². The fraction of sp³-hybridized carbons (Fsp3) is 0. The third-order valence-corrected chi connectivity index (χ3v) is 22.9. The van der Waals surface area contributed by atoms with Gasteiger partial charge >= 0.3 is 0 Å². The van der Waals surface area contributed by atoms with E-state index in [0.717, 1.165) is 149 Å². The van der Waals surface area contributed by atoms with Crippen LogP contribution >= 0.6 is 11.3 Å². The molecule has 0 saturated heterocycles. The molecule has 24 aromatic rings. The van der Waals surface area contributed by atoms with Crippen LogP contribution in [0.5, 0.6) is 0 Å². The molecule has 24 rings (SSSR count). The number of hydrogen-bond acceptors (Lipinski definition) is 7. The van der Waals surface area contributed by atoms with Crippen LogP contribution < -0.4 is 0 Å². The summed E-state index contributed by atoms with van der Waals surface area (Å²) >= 11 is 1.85. The molecule has 0 amide bonds. The number of aromatic nitrogens is 7. The number of imidazole rings is 2. The van der Waals surface area contributed by atoms with E-state index in [1.807, 2.05) is 48.0 Å². The van der Waals surface area contributed by atoms with Crippen LogP contribution in [0, 0.1) is 0 Å². The van der Waals surface area contributed by atoms with Crippen molar-refractivity contribution in [3.05, 3.63) is 334 Å². The summed E-state index contributed by atoms with van der Waals surface area (Å²) in [4.78, 5) is 20.3. The SMILES string of the molecule is c1ccc2c(c1)oc1ccc(-c3ccn4c(c3)nc3c5ccccc5c5cc(-c6cc(-c7ccc8c(c7)sc7ccccc78)ccn6)ccc5c34)cc12.c1ccc2c(c1)oc1ccc(-c3ccn4c(c3)nc3c5ccccc5c5cc(-c6cc(-n7c8ccccc8c8ccccc87)ccn6)ccc5c34)cc12. The lowest BCUT2D eigenvalue weighted by molar-refractivity contribution is 0.668. The third kappa shape index (κ3) is 8.95. The Kier molecular flexibility index (Phi) is 12.6. The molecule has 0 fully saturated rings. The molecule has 10 heteroatoms. The van der Waals surface area contributed by atoms with Gasteiger partial charge in [-0.15, -0.1) is 11.3 Å². The maximum atomic E-state index is 6.10. The van der Waals surface area contributed by atoms with Crippen molar-refractivity contribution in [2.75, 3.05) is 0 Å². The van der Waals surface area contributed by atoms with Crippen LogP contribution in [-0.2, 0) is 0 Å². The lowest BCUT2D eigenvalue weighted by Crippen LogP contribution is -1.95. The maximum absolute atomic E-state index is 6.10. The summed E-state index contributed by atoms with van der Waals surface area (Å²) in [6.45, 7) is 0. The van der Waals surface area contributed by atoms with Crippen molar-refractivity contribution in [3.63, 3.8) is 0 Å². The average molecular weight is 1370 g/mol. The van der Waals surface area contributed by atoms with Crippen LogP contribution in [0.25, 0.3) is 224 Å². The van der Waals surface area contributed by atoms with Crippen LogP contribution in [0.4, 0.5) is 0 Å². The highest BCUT2D eigenvalue weighted by Gasteiger charge is 2.22. The second kappa shape index (κ2) is 22.7. The predicted octanol–water partition coefficient (Wildman–Crippen LogP) is 26.0. The van der Waals surface area contributed by atoms with E-state index in [1.165, 1.54) is 74.5 Å². The minimum absolute atomic E-state index is 0.897. The van der Waals surface area contributed by atoms with Gasteiger partial charge in [0.15, 0.2) is 0 Å². The molecule has 0 bridgehead atoms. The molecule has 10 heterocycles. The van der Waals surface area contributed by atoms with E-state index < -0.39 is 0 Å². The molecule has 10 aromatic heterocycles. The van der Waals surface area contributed by atoms with Gasteiger partial charge < -0.3 is 13.4 Å². The van der Waals surface area contributed by atoms with Gasteiger partial charge in [0.25, 0.3) is 0 Å². The standard InChI is InChI=1S/C48H28N4O.C48H27N3OS/c1-2-13-37-33(9-1)39-26-31(41-28-32(21-23-49-41)52-42-14-6-3-10-34(42)35-11-4-7-15-43(35)52)17-19-38(39)48-47(37)50-46-27-30(22-24-51(46)48)29-18-20-45-40(25-29)36-12-5-8-16-44(36)53-45;1-2-10-37-33(7-1)39-24-32(41-25-30(19-21-49-41)29-13-16-36-35-9-4-6-12-44(35)53-45(36)26-29)14-17-38(39)48-47(37)50-46-27-31(20-22-51(46)48)28-15-18-43-40(23-28)34-8-3-5-11-42(34)52-43/h1-28H;1-27H. The van der Waals surface area contributed by atoms with Crippen molar-refractivity contribution in [2.45, 2.75) is 0 Å². The minimum atomic E-state index is 0.897. The number of nitrogens with zero attached hydrogens (tertiary/aromatic N) is 7. The normalized spacial score (nSPS) is 12.2. The molecule has 0 saturated carbocycles. The van der Waals surface area contributed by atoms with Gasteiger partial charge in [-0.3, -0.25) is 18.8 Å². The summed E-state index contributed by atoms with van der Waals surface area (Å²) in [5.41, 5.74) is 24.0. The largest absolute Gasteiger partial charge is 0.456 e. The first-order chi connectivity index (χ1) is 52.5. The fourth-order valence-corrected chi connectivity index (χ4v) is 18.0. The summed E-state index contributed by atoms with van der Waals surface area (Å²) in [5.74, 6) is 0. The summed E-state index contributed by atoms with van der Waals surface area (Å²) in [6.07, 6.45) is 8.18. The molecule has 0 unspecified atom stereocenters. The Morgan fingerprint density at radius 3 is 1.24 bits per heavy atom. The Labute approximate surface area is 607 Å². The molecule has 9 nitrogen and oxygen atoms in total. The van der Waals surface area contributed by atoms with Gasteiger partial charge in [-0.2, -0.15) is 0 Å². The molecule has 106 heavy (non-hydrogen) atoms. The molecule has 0 aliphatic heterocycles. The Morgan fingerprint density at radius 2 is 0.660 bits per heavy atom. The van der Waals surface area contributed by atoms with Crippen LogP contribution in [0.3, 0.4) is 0 Å². The molecular weight excluding hydrogens is 1320 g/mol. The molecule has 0 aliphatic rings. The zero-order chi connectivity index (χ0) is 69.2. The van der Waals surface area contributed by atoms with Gasteiger partial charge in [0.2, 0.25) is 0 Å². The zero-order valence-corrected chi connectivity index (χ0v) is 57.4. The van der Waals surface area contributed by atoms with E-state index in [2.05, 4.69) is 311 Å². The van der Waals surface area contributed by atoms with E-state index in [0.29, 0.717) is 0 Å². The van der Waals surface area contributed by atoms with Gasteiger partial charge in [0, 0.05) is 116 Å². The summed E-state index contributed by atoms with van der Waals surface area (Å²) < 4.78 is 21.6. The van der Waals surface area contributed by atoms with E-state index in [9.17, 15) is 0 Å². The van der Waals surface area contributed by atoms with Gasteiger partial charge in [0.1, 0.15) is 33.6 Å². The number of thiophene rings is 1. The first kappa shape index (κ1) is 58.6. The summed E-state index contributed by atoms with van der Waals surface area (Å²) in [5, 5.41) is 18.9. The molecule has 0 atom stereocenters. The van der Waals surface area contributed by atoms with Crippen molar-refractivity contribution < 1.29 is 8.83 Å². The average Bonchev–Trinajstić information content (AvgIpc) is 1.53. The molecule has 0 radical (unpaired) electrons. The maximum Gasteiger partial charge on any atom is 0.138 e. The Morgan fingerprint density at radius 1 is 0.255 bits per heavy atom. The topological polar surface area (TPSA) is 91.6 Å². The van der Waals surface area contributed by atoms with Crippen LogP contribution in [0.15, 0.2) is 343 Å². The monoisotopic (exact) mass is 1370 g/mol. The van der Waals surface area contributed by atoms with E-state index in [1.54, 1.807) is 0 Å². The van der Waals surface area contributed by atoms with Crippen LogP contribution in [-0.4, -0.2) is 33.3 Å². The van der Waals surface area contributed by atoms with Crippen molar-refractivity contribution in [1.29, 1.82) is 0 Å². The highest BCUT2D eigenvalue weighted by Crippen LogP contribution is 2.44. The molecule has 0 N–H and O–H groups in total. The van der Waals surface area contributed by atoms with Gasteiger partial charge in [-0.1, -0.05) is 188 Å². The molecule has 0 aliphatic carbocycles. The van der Waals surface area contributed by atoms with Crippen LogP contribution in [0.1, 0.15) is 0 Å². The summed E-state index contributed by atoms with van der Waals surface area (Å²) in [7, 11) is 0. The van der Waals surface area contributed by atoms with Gasteiger partial charge in [0.05, 0.1) is 44.5 Å². The van der Waals surface area contributed by atoms with E-state index in [4.69, 9.17) is 28.8 Å². The summed E-state index contributed by atoms with van der Waals surface area (Å²) in [6, 6.07) is 110. The Bertz CT molecular complexity index is 7830. The lowest BCUT2D eigenvalue weighted by Gasteiger charge is -2.12. The highest BCUT2D eigenvalue weighted by molar-refractivity contribution is 7.25. The predicted molar refractivity (Wildman–Crippen MR) is 440 cm³/mol. The number of hydrogen-bond donors (Lipinski definition) is 0. The van der Waals surface area contributed by atoms with Gasteiger partial charge in [-0.25, -0.2) is 9.97 Å². The zero-order valence-electron chi connectivity index (χ0n) is 56.6. The number of benzene rings is 14. The van der Waals surface area contributed by atoms with Crippen molar-refractivity contribution in [1.82, 2.24) is 33.3 Å². The second-order valence-electron chi connectivity index (χ2n) is 27.6. The number of rotatable bonds is 6. The van der Waals surface area contributed by atoms with Crippen molar-refractivity contribution >= 4 is 174 Å². The number of para-hydroxylation sites is 4. The van der Waals surface area contributed by atoms with E-state index in [-0.39, 0.29) is 0 Å². The molecule has 492 valence electrons. The Hall–Kier alpha value is -14.1. The van der Waals surface area contributed by atoms with Crippen molar-refractivity contribution in [2.24, 2.45) is 0 Å². The third-order valence-electron chi connectivity index (χ3n) is 21.8. The van der Waals surface area contributed by atoms with Gasteiger partial charge in [-0.05, 0) is 176 Å². The van der Waals surface area contributed by atoms with E-state index >= 15 is 0 Å². The Balaban J connectivity index is 0.000000129. The molecule has 0 spiro atoms. The quantitative estimate of drug-likeness (QED) is 0.154. The molecule has 14 aromatic carbocycles. The number of fused-ring (bicyclic) bond motifs is 28. The molecular formula is C96H55N7O2S. The first-order valence-corrected chi connectivity index (χ1v) is 36.5. The van der Waals surface area contributed by atoms with Crippen LogP contribution in [0.2, 0.25) is 0 Å². The number of furan rings is 2. The number of pyridine rings is 4. The second-order valence-corrected chi connectivity index (χ2v) is 28.7. The smallest absolute Gasteiger partial charge is 0.138 e. The fourth-order valence-electron chi connectivity index (χ4n) is 16.9. The first-order valence-electron chi connectivity index (χ1n) is 35.7.